The van der Waals surface area contributed by atoms with Crippen molar-refractivity contribution >= 4 is 48.9 Å². The van der Waals surface area contributed by atoms with E-state index < -0.39 is 0 Å². The van der Waals surface area contributed by atoms with Crippen molar-refractivity contribution in [2.45, 2.75) is 18.7 Å². The van der Waals surface area contributed by atoms with Gasteiger partial charge in [-0.2, -0.15) is 5.10 Å². The Kier molecular flexibility index (Phi) is 5.24. The van der Waals surface area contributed by atoms with Gasteiger partial charge in [-0.15, -0.1) is 11.3 Å². The summed E-state index contributed by atoms with van der Waals surface area (Å²) in [7, 11) is 3.27. The fourth-order valence-electron chi connectivity index (χ4n) is 3.93. The van der Waals surface area contributed by atoms with Crippen molar-refractivity contribution in [1.29, 1.82) is 0 Å². The number of hydrazone groups is 1. The molecule has 2 atom stereocenters. The van der Waals surface area contributed by atoms with Crippen LogP contribution in [0.2, 0.25) is 0 Å². The molecule has 154 valence electrons. The fourth-order valence-corrected chi connectivity index (χ4v) is 6.01. The minimum absolute atomic E-state index is 0.0812. The maximum Gasteiger partial charge on any atom is 0.214 e. The smallest absolute Gasteiger partial charge is 0.214 e. The number of fused-ring (bicyclic) bond motifs is 3. The summed E-state index contributed by atoms with van der Waals surface area (Å²) in [5.41, 5.74) is 3.14. The second kappa shape index (κ2) is 7.90. The number of ether oxygens (including phenoxy) is 3. The topological polar surface area (TPSA) is 43.3 Å². The van der Waals surface area contributed by atoms with Crippen LogP contribution in [0.3, 0.4) is 0 Å². The molecule has 2 aromatic carbocycles. The third-order valence-electron chi connectivity index (χ3n) is 5.31. The van der Waals surface area contributed by atoms with E-state index in [2.05, 4.69) is 60.4 Å². The molecule has 1 aromatic heterocycles. The number of hydrogen-bond donors (Lipinski definition) is 0. The minimum Gasteiger partial charge on any atom is -0.493 e. The Morgan fingerprint density at radius 2 is 1.93 bits per heavy atom. The van der Waals surface area contributed by atoms with Crippen molar-refractivity contribution in [3.8, 4) is 17.2 Å². The van der Waals surface area contributed by atoms with Gasteiger partial charge in [0.15, 0.2) is 11.5 Å². The van der Waals surface area contributed by atoms with E-state index in [9.17, 15) is 0 Å². The molecule has 0 spiro atoms. The lowest BCUT2D eigenvalue weighted by atomic mass is 9.97. The Morgan fingerprint density at radius 1 is 1.10 bits per heavy atom. The van der Waals surface area contributed by atoms with E-state index in [1.807, 2.05) is 24.3 Å². The molecule has 0 unspecified atom stereocenters. The molecule has 5 rings (SSSR count). The van der Waals surface area contributed by atoms with Crippen molar-refractivity contribution in [2.75, 3.05) is 14.2 Å². The normalized spacial score (nSPS) is 19.6. The summed E-state index contributed by atoms with van der Waals surface area (Å²) in [5, 5.41) is 9.15. The maximum absolute atomic E-state index is 6.51. The first-order valence-corrected chi connectivity index (χ1v) is 11.8. The first-order valence-electron chi connectivity index (χ1n) is 9.36. The zero-order valence-corrected chi connectivity index (χ0v) is 20.3. The molecule has 0 radical (unpaired) electrons. The van der Waals surface area contributed by atoms with Crippen LogP contribution in [0.4, 0.5) is 0 Å². The Hall–Kier alpha value is -2.03. The first kappa shape index (κ1) is 19.9. The van der Waals surface area contributed by atoms with Crippen molar-refractivity contribution in [3.63, 3.8) is 0 Å². The van der Waals surface area contributed by atoms with Crippen molar-refractivity contribution in [3.05, 3.63) is 72.8 Å². The summed E-state index contributed by atoms with van der Waals surface area (Å²) in [4.78, 5) is 1.19. The standard InChI is InChI=1S/C22H18Br2N2O3S/c1-27-18-6-5-12(8-19(18)28-2)22-26-17(11-16(25-26)20-4-3-7-30-20)14-9-13(23)10-15(24)21(14)29-22/h3-10,17,22H,11H2,1-2H3/t17-,22-/m1/s1. The summed E-state index contributed by atoms with van der Waals surface area (Å²) >= 11 is 9.01. The summed E-state index contributed by atoms with van der Waals surface area (Å²) in [6.07, 6.45) is 0.445. The monoisotopic (exact) mass is 548 g/mol. The zero-order valence-electron chi connectivity index (χ0n) is 16.3. The predicted octanol–water partition coefficient (Wildman–Crippen LogP) is 6.53. The van der Waals surface area contributed by atoms with Crippen molar-refractivity contribution in [1.82, 2.24) is 5.01 Å². The van der Waals surface area contributed by atoms with Crippen LogP contribution in [0.25, 0.3) is 0 Å². The number of methoxy groups -OCH3 is 2. The van der Waals surface area contributed by atoms with Crippen LogP contribution in [0.5, 0.6) is 17.2 Å². The van der Waals surface area contributed by atoms with Gasteiger partial charge < -0.3 is 14.2 Å². The number of halogens is 2. The molecule has 0 aliphatic carbocycles. The van der Waals surface area contributed by atoms with Crippen LogP contribution in [-0.2, 0) is 0 Å². The van der Waals surface area contributed by atoms with Gasteiger partial charge >= 0.3 is 0 Å². The zero-order chi connectivity index (χ0) is 20.8. The lowest BCUT2D eigenvalue weighted by Crippen LogP contribution is -2.34. The average Bonchev–Trinajstić information content (AvgIpc) is 3.42. The molecule has 0 saturated heterocycles. The lowest BCUT2D eigenvalue weighted by molar-refractivity contribution is -0.0198. The van der Waals surface area contributed by atoms with Gasteiger partial charge in [-0.1, -0.05) is 22.0 Å². The second-order valence-electron chi connectivity index (χ2n) is 7.01. The van der Waals surface area contributed by atoms with E-state index in [-0.39, 0.29) is 12.3 Å². The third kappa shape index (κ3) is 3.31. The quantitative estimate of drug-likeness (QED) is 0.371. The van der Waals surface area contributed by atoms with Crippen LogP contribution < -0.4 is 14.2 Å². The molecule has 0 bridgehead atoms. The highest BCUT2D eigenvalue weighted by molar-refractivity contribution is 9.11. The molecule has 0 amide bonds. The molecule has 2 aliphatic heterocycles. The summed E-state index contributed by atoms with van der Waals surface area (Å²) in [6, 6.07) is 14.2. The molecule has 5 nitrogen and oxygen atoms in total. The molecular weight excluding hydrogens is 532 g/mol. The van der Waals surface area contributed by atoms with Crippen LogP contribution in [0.15, 0.2) is 61.9 Å². The van der Waals surface area contributed by atoms with E-state index in [4.69, 9.17) is 19.3 Å². The van der Waals surface area contributed by atoms with Gasteiger partial charge in [0.25, 0.3) is 0 Å². The second-order valence-corrected chi connectivity index (χ2v) is 9.73. The Balaban J connectivity index is 1.63. The molecular formula is C22H18Br2N2O3S. The van der Waals surface area contributed by atoms with Crippen LogP contribution >= 0.6 is 43.2 Å². The van der Waals surface area contributed by atoms with Crippen LogP contribution in [-0.4, -0.2) is 24.9 Å². The van der Waals surface area contributed by atoms with Gasteiger partial charge in [0.2, 0.25) is 6.23 Å². The Labute approximate surface area is 195 Å². The third-order valence-corrected chi connectivity index (χ3v) is 7.27. The van der Waals surface area contributed by atoms with Gasteiger partial charge in [0, 0.05) is 22.0 Å². The highest BCUT2D eigenvalue weighted by Crippen LogP contribution is 2.51. The largest absolute Gasteiger partial charge is 0.493 e. The Morgan fingerprint density at radius 3 is 2.67 bits per heavy atom. The van der Waals surface area contributed by atoms with Crippen molar-refractivity contribution in [2.24, 2.45) is 5.10 Å². The maximum atomic E-state index is 6.51. The van der Waals surface area contributed by atoms with Crippen LogP contribution in [0, 0.1) is 0 Å². The van der Waals surface area contributed by atoms with E-state index in [0.717, 1.165) is 38.0 Å². The Bertz CT molecular complexity index is 1130. The van der Waals surface area contributed by atoms with E-state index in [1.54, 1.807) is 25.6 Å². The number of thiophene rings is 1. The highest BCUT2D eigenvalue weighted by atomic mass is 79.9. The SMILES string of the molecule is COc1ccc([C@H]2Oc3c(Br)cc(Br)cc3[C@H]3CC(c4cccs4)=NN32)cc1OC. The lowest BCUT2D eigenvalue weighted by Gasteiger charge is -2.38. The number of benzene rings is 2. The fraction of sp³-hybridized carbons (Fsp3) is 0.227. The van der Waals surface area contributed by atoms with Gasteiger partial charge in [0.1, 0.15) is 5.75 Å². The number of hydrogen-bond acceptors (Lipinski definition) is 6. The van der Waals surface area contributed by atoms with Crippen LogP contribution in [0.1, 0.15) is 34.7 Å². The number of rotatable bonds is 4. The molecule has 0 saturated carbocycles. The number of nitrogens with zero attached hydrogens (tertiary/aromatic N) is 2. The van der Waals surface area contributed by atoms with E-state index in [1.165, 1.54) is 4.88 Å². The minimum atomic E-state index is -0.378. The summed E-state index contributed by atoms with van der Waals surface area (Å²) in [5.74, 6) is 2.20. The molecule has 3 heterocycles. The molecule has 3 aromatic rings. The van der Waals surface area contributed by atoms with Gasteiger partial charge in [-0.3, -0.25) is 0 Å². The first-order chi connectivity index (χ1) is 14.6. The molecule has 8 heteroatoms. The molecule has 30 heavy (non-hydrogen) atoms. The molecule has 0 N–H and O–H groups in total. The van der Waals surface area contributed by atoms with E-state index in [0.29, 0.717) is 11.5 Å². The summed E-state index contributed by atoms with van der Waals surface area (Å²) < 4.78 is 19.4. The molecule has 0 fully saturated rings. The van der Waals surface area contributed by atoms with Gasteiger partial charge in [-0.05, 0) is 57.7 Å². The van der Waals surface area contributed by atoms with Gasteiger partial charge in [-0.25, -0.2) is 5.01 Å². The van der Waals surface area contributed by atoms with E-state index >= 15 is 0 Å². The average molecular weight is 550 g/mol. The predicted molar refractivity (Wildman–Crippen MR) is 125 cm³/mol. The van der Waals surface area contributed by atoms with Crippen molar-refractivity contribution < 1.29 is 14.2 Å². The highest BCUT2D eigenvalue weighted by Gasteiger charge is 2.42. The summed E-state index contributed by atoms with van der Waals surface area (Å²) in [6.45, 7) is 0. The molecule has 2 aliphatic rings. The van der Waals surface area contributed by atoms with Gasteiger partial charge in [0.05, 0.1) is 35.3 Å².